The monoisotopic (exact) mass is 492 g/mol. The second kappa shape index (κ2) is 11.5. The van der Waals surface area contributed by atoms with Crippen LogP contribution in [0.4, 0.5) is 0 Å². The van der Waals surface area contributed by atoms with Crippen molar-refractivity contribution in [1.29, 1.82) is 0 Å². The van der Waals surface area contributed by atoms with E-state index in [9.17, 15) is 9.59 Å². The molecule has 0 saturated carbocycles. The predicted octanol–water partition coefficient (Wildman–Crippen LogP) is 7.45. The van der Waals surface area contributed by atoms with Crippen LogP contribution in [0.15, 0.2) is 121 Å². The lowest BCUT2D eigenvalue weighted by Gasteiger charge is -2.37. The van der Waals surface area contributed by atoms with Gasteiger partial charge in [-0.1, -0.05) is 121 Å². The molecule has 0 unspecified atom stereocenters. The smallest absolute Gasteiger partial charge is 0.173 e. The molecule has 0 aliphatic rings. The first-order valence-electron chi connectivity index (χ1n) is 12.5. The van der Waals surface area contributed by atoms with Crippen LogP contribution in [0.2, 0.25) is 0 Å². The zero-order valence-electron chi connectivity index (χ0n) is 21.5. The molecule has 0 aliphatic heterocycles. The fourth-order valence-electron chi connectivity index (χ4n) is 4.34. The quantitative estimate of drug-likeness (QED) is 0.0998. The summed E-state index contributed by atoms with van der Waals surface area (Å²) >= 11 is 0. The first kappa shape index (κ1) is 26.2. The van der Waals surface area contributed by atoms with E-state index in [1.165, 1.54) is 0 Å². The minimum atomic E-state index is -1.23. The molecule has 0 N–H and O–H groups in total. The molecule has 4 rings (SSSR count). The summed E-state index contributed by atoms with van der Waals surface area (Å²) < 4.78 is 0. The third-order valence-corrected chi connectivity index (χ3v) is 6.16. The lowest BCUT2D eigenvalue weighted by molar-refractivity contribution is -0.401. The van der Waals surface area contributed by atoms with Crippen molar-refractivity contribution >= 4 is 11.6 Å². The van der Waals surface area contributed by atoms with Crippen LogP contribution >= 0.6 is 0 Å². The van der Waals surface area contributed by atoms with Gasteiger partial charge >= 0.3 is 0 Å². The summed E-state index contributed by atoms with van der Waals surface area (Å²) in [7, 11) is 0. The van der Waals surface area contributed by atoms with Crippen molar-refractivity contribution in [2.75, 3.05) is 0 Å². The topological polar surface area (TPSA) is 52.6 Å². The summed E-state index contributed by atoms with van der Waals surface area (Å²) in [5.74, 6) is -1.54. The summed E-state index contributed by atoms with van der Waals surface area (Å²) in [6.45, 7) is 5.69. The summed E-state index contributed by atoms with van der Waals surface area (Å²) in [5.41, 5.74) is 0.674. The van der Waals surface area contributed by atoms with Crippen molar-refractivity contribution < 1.29 is 19.4 Å². The third-order valence-electron chi connectivity index (χ3n) is 6.16. The number of hydrogen-bond donors (Lipinski definition) is 0. The van der Waals surface area contributed by atoms with Crippen molar-refractivity contribution in [3.63, 3.8) is 0 Å². The fourth-order valence-corrected chi connectivity index (χ4v) is 4.34. The number of rotatable bonds is 10. The third kappa shape index (κ3) is 6.29. The average molecular weight is 493 g/mol. The van der Waals surface area contributed by atoms with Gasteiger partial charge in [0.1, 0.15) is 0 Å². The highest BCUT2D eigenvalue weighted by atomic mass is 17.2. The summed E-state index contributed by atoms with van der Waals surface area (Å²) in [6.07, 6.45) is 0.0541. The standard InChI is InChI=1S/C33H32O4/c1-32(2,3)36-37-33(27-20-12-6-13-21-27,28-22-14-7-15-23-28)24-29(30(34)25-16-8-4-9-17-25)31(35)26-18-10-5-11-19-26/h4-23,29H,24H2,1-3H3. The Kier molecular flexibility index (Phi) is 8.12. The van der Waals surface area contributed by atoms with Crippen LogP contribution in [0.25, 0.3) is 0 Å². The molecule has 0 heterocycles. The Labute approximate surface area is 218 Å². The molecule has 4 nitrogen and oxygen atoms in total. The fraction of sp³-hybridized carbons (Fsp3) is 0.212. The number of hydrogen-bond acceptors (Lipinski definition) is 4. The maximum Gasteiger partial charge on any atom is 0.173 e. The molecule has 0 aromatic heterocycles. The summed E-state index contributed by atoms with van der Waals surface area (Å²) in [5, 5.41) is 0. The number of carbonyl (C=O) groups excluding carboxylic acids is 2. The SMILES string of the molecule is CC(C)(C)OOC(CC(C(=O)c1ccccc1)C(=O)c1ccccc1)(c1ccccc1)c1ccccc1. The Hall–Kier alpha value is -3.86. The van der Waals surface area contributed by atoms with Gasteiger partial charge in [0.15, 0.2) is 17.2 Å². The molecule has 0 aliphatic carbocycles. The number of carbonyl (C=O) groups is 2. The van der Waals surface area contributed by atoms with Gasteiger partial charge in [-0.05, 0) is 31.9 Å². The first-order valence-corrected chi connectivity index (χ1v) is 12.5. The van der Waals surface area contributed by atoms with E-state index in [0.717, 1.165) is 11.1 Å². The Morgan fingerprint density at radius 2 is 0.919 bits per heavy atom. The van der Waals surface area contributed by atoms with E-state index < -0.39 is 17.1 Å². The first-order chi connectivity index (χ1) is 17.8. The zero-order chi connectivity index (χ0) is 26.3. The largest absolute Gasteiger partial charge is 0.293 e. The van der Waals surface area contributed by atoms with E-state index in [-0.39, 0.29) is 18.0 Å². The Morgan fingerprint density at radius 1 is 0.568 bits per heavy atom. The molecule has 0 amide bonds. The van der Waals surface area contributed by atoms with E-state index in [0.29, 0.717) is 11.1 Å². The predicted molar refractivity (Wildman–Crippen MR) is 145 cm³/mol. The molecule has 4 aromatic carbocycles. The molecular formula is C33H32O4. The Balaban J connectivity index is 1.90. The van der Waals surface area contributed by atoms with Crippen LogP contribution < -0.4 is 0 Å². The van der Waals surface area contributed by atoms with E-state index >= 15 is 0 Å². The van der Waals surface area contributed by atoms with Gasteiger partial charge < -0.3 is 0 Å². The molecule has 188 valence electrons. The second-order valence-corrected chi connectivity index (χ2v) is 10.1. The molecule has 0 saturated heterocycles. The van der Waals surface area contributed by atoms with Gasteiger partial charge in [-0.15, -0.1) is 0 Å². The van der Waals surface area contributed by atoms with Gasteiger partial charge in [0.05, 0.1) is 11.5 Å². The Bertz CT molecular complexity index is 1200. The van der Waals surface area contributed by atoms with E-state index in [1.807, 2.05) is 93.6 Å². The number of ketones is 2. The van der Waals surface area contributed by atoms with Crippen LogP contribution in [0.1, 0.15) is 59.0 Å². The molecular weight excluding hydrogens is 460 g/mol. The lowest BCUT2D eigenvalue weighted by atomic mass is 9.75. The maximum atomic E-state index is 14.0. The Morgan fingerprint density at radius 3 is 1.27 bits per heavy atom. The minimum Gasteiger partial charge on any atom is -0.293 e. The van der Waals surface area contributed by atoms with E-state index in [2.05, 4.69) is 0 Å². The van der Waals surface area contributed by atoms with Crippen LogP contribution in [0.3, 0.4) is 0 Å². The highest BCUT2D eigenvalue weighted by Gasteiger charge is 2.44. The van der Waals surface area contributed by atoms with Crippen molar-refractivity contribution in [2.24, 2.45) is 5.92 Å². The summed E-state index contributed by atoms with van der Waals surface area (Å²) in [4.78, 5) is 40.3. The number of benzene rings is 4. The van der Waals surface area contributed by atoms with Crippen LogP contribution in [-0.2, 0) is 15.4 Å². The molecule has 4 heteroatoms. The van der Waals surface area contributed by atoms with E-state index in [4.69, 9.17) is 9.78 Å². The van der Waals surface area contributed by atoms with Gasteiger partial charge in [0, 0.05) is 17.5 Å². The molecule has 0 radical (unpaired) electrons. The zero-order valence-corrected chi connectivity index (χ0v) is 21.5. The molecule has 4 aromatic rings. The van der Waals surface area contributed by atoms with Gasteiger partial charge in [0.2, 0.25) is 0 Å². The lowest BCUT2D eigenvalue weighted by Crippen LogP contribution is -2.40. The van der Waals surface area contributed by atoms with Crippen molar-refractivity contribution in [3.05, 3.63) is 144 Å². The van der Waals surface area contributed by atoms with Gasteiger partial charge in [-0.3, -0.25) is 9.59 Å². The number of Topliss-reactive ketones (excluding diaryl/α,β-unsaturated/α-hetero) is 2. The van der Waals surface area contributed by atoms with Gasteiger partial charge in [-0.2, -0.15) is 0 Å². The highest BCUT2D eigenvalue weighted by Crippen LogP contribution is 2.42. The molecule has 0 atom stereocenters. The van der Waals surface area contributed by atoms with Crippen LogP contribution in [0.5, 0.6) is 0 Å². The molecule has 37 heavy (non-hydrogen) atoms. The van der Waals surface area contributed by atoms with Crippen molar-refractivity contribution in [3.8, 4) is 0 Å². The maximum absolute atomic E-state index is 14.0. The highest BCUT2D eigenvalue weighted by molar-refractivity contribution is 6.16. The summed E-state index contributed by atoms with van der Waals surface area (Å²) in [6, 6.07) is 37.2. The molecule has 0 fully saturated rings. The second-order valence-electron chi connectivity index (χ2n) is 10.1. The molecule has 0 bridgehead atoms. The van der Waals surface area contributed by atoms with Crippen molar-refractivity contribution in [1.82, 2.24) is 0 Å². The van der Waals surface area contributed by atoms with E-state index in [1.54, 1.807) is 48.5 Å². The normalized spacial score (nSPS) is 11.9. The minimum absolute atomic E-state index is 0.0541. The molecule has 0 spiro atoms. The van der Waals surface area contributed by atoms with Crippen molar-refractivity contribution in [2.45, 2.75) is 38.4 Å². The van der Waals surface area contributed by atoms with Gasteiger partial charge in [-0.25, -0.2) is 9.78 Å². The van der Waals surface area contributed by atoms with Gasteiger partial charge in [0.25, 0.3) is 0 Å². The average Bonchev–Trinajstić information content (AvgIpc) is 2.94. The van der Waals surface area contributed by atoms with Crippen LogP contribution in [-0.4, -0.2) is 17.2 Å². The van der Waals surface area contributed by atoms with Crippen LogP contribution in [0, 0.1) is 5.92 Å².